The first kappa shape index (κ1) is 39.9. The fourth-order valence-electron chi connectivity index (χ4n) is 4.91. The maximum Gasteiger partial charge on any atom is 0.512 e. The van der Waals surface area contributed by atoms with Gasteiger partial charge in [-0.1, -0.05) is 16.9 Å². The molecule has 298 valence electrons. The highest BCUT2D eigenvalue weighted by atomic mass is 32.2. The molecule has 6 rings (SSSR count). The lowest BCUT2D eigenvalue weighted by molar-refractivity contribution is -0.148. The van der Waals surface area contributed by atoms with Crippen molar-refractivity contribution in [1.82, 2.24) is 36.2 Å². The summed E-state index contributed by atoms with van der Waals surface area (Å²) in [6.45, 7) is 2.54. The van der Waals surface area contributed by atoms with E-state index < -0.39 is 69.8 Å². The molecule has 0 spiro atoms. The fraction of sp³-hybridized carbons (Fsp3) is 0.219. The van der Waals surface area contributed by atoms with Gasteiger partial charge in [0.15, 0.2) is 33.8 Å². The molecule has 2 aromatic heterocycles. The highest BCUT2D eigenvalue weighted by molar-refractivity contribution is 8.01. The number of carbonyl (C=O) groups is 5. The van der Waals surface area contributed by atoms with Gasteiger partial charge < -0.3 is 50.6 Å². The fourth-order valence-corrected chi connectivity index (χ4v) is 7.67. The summed E-state index contributed by atoms with van der Waals surface area (Å²) in [5.74, 6) is -5.20. The number of aromatic nitrogens is 3. The second-order valence-electron chi connectivity index (χ2n) is 12.2. The number of carboxylic acid groups (broad SMARTS) is 1. The normalized spacial score (nSPS) is 16.6. The Morgan fingerprint density at radius 1 is 1.05 bits per heavy atom. The van der Waals surface area contributed by atoms with E-state index in [0.29, 0.717) is 11.1 Å². The monoisotopic (exact) mass is 843 g/mol. The minimum absolute atomic E-state index is 0.0388. The van der Waals surface area contributed by atoms with Gasteiger partial charge in [-0.25, -0.2) is 9.78 Å². The number of nitrogens with zero attached hydrogens (tertiary/aromatic N) is 5. The Kier molecular flexibility index (Phi) is 11.3. The van der Waals surface area contributed by atoms with E-state index in [1.165, 1.54) is 55.3 Å². The number of hydrogen-bond donors (Lipinski definition) is 9. The maximum absolute atomic E-state index is 13.6. The summed E-state index contributed by atoms with van der Waals surface area (Å²) in [5.41, 5.74) is 8.29. The van der Waals surface area contributed by atoms with Gasteiger partial charge in [0, 0.05) is 33.6 Å². The molecule has 4 aromatic rings. The van der Waals surface area contributed by atoms with Gasteiger partial charge in [0.2, 0.25) is 17.4 Å². The Hall–Kier alpha value is -6.73. The lowest BCUT2D eigenvalue weighted by Gasteiger charge is -2.49. The minimum Gasteiger partial charge on any atom is -0.504 e. The standard InChI is InChI=1S/C32H29N9O13S3/c1-32(2,28(49)38-36-22(46)12-3-5-16(42)18(44)7-12)54-40-20(15-11-56-29(33)34-15)23(47)35-21-25(48)41-26(53-31(50)51)14(9-55-27(21)41)10-57-30-39-37-24(52-30)13-4-6-17(43)19(45)8-13/h3-8,11,21,27,42-45H,9-10H2,1-2H3,(H2,33,34)(H,35,47)(H,36,46)(H,38,49)(H,50,51)/b40-20-/t21-,27-/m1/s1. The molecule has 1 saturated heterocycles. The second kappa shape index (κ2) is 16.2. The summed E-state index contributed by atoms with van der Waals surface area (Å²) in [6, 6.07) is 5.98. The first-order chi connectivity index (χ1) is 27.0. The molecule has 25 heteroatoms. The Morgan fingerprint density at radius 2 is 1.77 bits per heavy atom. The van der Waals surface area contributed by atoms with Crippen molar-refractivity contribution in [1.29, 1.82) is 0 Å². The van der Waals surface area contributed by atoms with Crippen LogP contribution in [0.25, 0.3) is 11.5 Å². The molecule has 2 aromatic carbocycles. The topological polar surface area (TPSA) is 334 Å². The van der Waals surface area contributed by atoms with Crippen LogP contribution in [0.5, 0.6) is 23.0 Å². The zero-order valence-corrected chi connectivity index (χ0v) is 31.6. The maximum atomic E-state index is 13.6. The average molecular weight is 844 g/mol. The van der Waals surface area contributed by atoms with E-state index in [4.69, 9.17) is 19.7 Å². The number of β-lactam (4-membered cyclic amide) rings is 1. The Bertz CT molecular complexity index is 2350. The smallest absolute Gasteiger partial charge is 0.504 e. The predicted octanol–water partition coefficient (Wildman–Crippen LogP) is 1.66. The number of oxime groups is 1. The molecule has 4 heterocycles. The number of nitrogen functional groups attached to an aromatic ring is 1. The number of amides is 4. The van der Waals surface area contributed by atoms with E-state index >= 15 is 0 Å². The first-order valence-corrected chi connectivity index (χ1v) is 18.9. The average Bonchev–Trinajstić information content (AvgIpc) is 3.83. The molecule has 2 atom stereocenters. The number of rotatable bonds is 12. The Labute approximate surface area is 331 Å². The number of phenols is 4. The van der Waals surface area contributed by atoms with Gasteiger partial charge in [-0.2, -0.15) is 0 Å². The quantitative estimate of drug-likeness (QED) is 0.0244. The third-order valence-electron chi connectivity index (χ3n) is 7.88. The van der Waals surface area contributed by atoms with Crippen LogP contribution in [0.1, 0.15) is 29.9 Å². The zero-order valence-electron chi connectivity index (χ0n) is 29.2. The summed E-state index contributed by atoms with van der Waals surface area (Å²) in [4.78, 5) is 74.7. The van der Waals surface area contributed by atoms with E-state index in [1.807, 2.05) is 0 Å². The van der Waals surface area contributed by atoms with Gasteiger partial charge >= 0.3 is 6.16 Å². The van der Waals surface area contributed by atoms with Crippen LogP contribution in [0, 0.1) is 0 Å². The number of aromatic hydroxyl groups is 4. The third-order valence-corrected chi connectivity index (χ3v) is 10.8. The van der Waals surface area contributed by atoms with Crippen molar-refractivity contribution in [3.05, 3.63) is 64.5 Å². The van der Waals surface area contributed by atoms with Gasteiger partial charge in [-0.15, -0.1) is 33.3 Å². The summed E-state index contributed by atoms with van der Waals surface area (Å²) < 4.78 is 10.7. The molecular weight excluding hydrogens is 815 g/mol. The number of hydrazine groups is 1. The van der Waals surface area contributed by atoms with Crippen LogP contribution in [0.4, 0.5) is 9.93 Å². The van der Waals surface area contributed by atoms with E-state index in [1.54, 1.807) is 0 Å². The molecule has 1 fully saturated rings. The van der Waals surface area contributed by atoms with Crippen molar-refractivity contribution in [2.45, 2.75) is 36.1 Å². The van der Waals surface area contributed by atoms with E-state index in [2.05, 4.69) is 36.5 Å². The molecule has 2 aliphatic heterocycles. The van der Waals surface area contributed by atoms with E-state index in [-0.39, 0.29) is 50.6 Å². The molecular formula is C32H29N9O13S3. The number of benzene rings is 2. The molecule has 22 nitrogen and oxygen atoms in total. The third kappa shape index (κ3) is 8.73. The second-order valence-corrected chi connectivity index (χ2v) is 15.1. The molecule has 0 bridgehead atoms. The van der Waals surface area contributed by atoms with Crippen LogP contribution in [-0.2, 0) is 24.0 Å². The molecule has 0 saturated carbocycles. The Morgan fingerprint density at radius 3 is 2.44 bits per heavy atom. The first-order valence-electron chi connectivity index (χ1n) is 16.0. The number of thioether (sulfide) groups is 2. The molecule has 0 aliphatic carbocycles. The highest BCUT2D eigenvalue weighted by Crippen LogP contribution is 2.42. The minimum atomic E-state index is -1.83. The van der Waals surface area contributed by atoms with Crippen molar-refractivity contribution >= 4 is 75.5 Å². The SMILES string of the molecule is CC(C)(O/N=C(\C(=O)N[C@@H]1C(=O)N2C(OC(=O)O)=C(CSc3nnc(-c4ccc(O)c(O)c4)o3)CS[C@H]12)c1csc(N)n1)C(=O)NNC(=O)c1ccc(O)c(O)c1. The van der Waals surface area contributed by atoms with Gasteiger partial charge in [0.25, 0.3) is 28.9 Å². The molecule has 0 unspecified atom stereocenters. The highest BCUT2D eigenvalue weighted by Gasteiger charge is 2.54. The zero-order chi connectivity index (χ0) is 41.2. The van der Waals surface area contributed by atoms with Crippen LogP contribution in [-0.4, -0.2) is 110 Å². The molecule has 57 heavy (non-hydrogen) atoms. The van der Waals surface area contributed by atoms with Crippen LogP contribution in [0.3, 0.4) is 0 Å². The summed E-state index contributed by atoms with van der Waals surface area (Å²) in [7, 11) is 0. The molecule has 0 radical (unpaired) electrons. The van der Waals surface area contributed by atoms with Crippen molar-refractivity contribution in [3.63, 3.8) is 0 Å². The van der Waals surface area contributed by atoms with Gasteiger partial charge in [-0.05, 0) is 50.2 Å². The molecule has 4 amide bonds. The van der Waals surface area contributed by atoms with E-state index in [9.17, 15) is 49.5 Å². The van der Waals surface area contributed by atoms with Crippen LogP contribution in [0.15, 0.2) is 68.0 Å². The summed E-state index contributed by atoms with van der Waals surface area (Å²) in [5, 5.41) is 62.9. The van der Waals surface area contributed by atoms with Crippen molar-refractivity contribution in [2.75, 3.05) is 17.2 Å². The van der Waals surface area contributed by atoms with E-state index in [0.717, 1.165) is 40.1 Å². The van der Waals surface area contributed by atoms with Gasteiger partial charge in [-0.3, -0.25) is 34.9 Å². The number of nitrogens with one attached hydrogen (secondary N) is 3. The van der Waals surface area contributed by atoms with Crippen LogP contribution in [0.2, 0.25) is 0 Å². The van der Waals surface area contributed by atoms with Crippen molar-refractivity contribution in [2.24, 2.45) is 5.16 Å². The molecule has 10 N–H and O–H groups in total. The largest absolute Gasteiger partial charge is 0.512 e. The summed E-state index contributed by atoms with van der Waals surface area (Å²) in [6.07, 6.45) is -1.69. The van der Waals surface area contributed by atoms with Crippen LogP contribution < -0.4 is 21.9 Å². The lowest BCUT2D eigenvalue weighted by Crippen LogP contribution is -2.70. The van der Waals surface area contributed by atoms with Gasteiger partial charge in [0.1, 0.15) is 17.1 Å². The Balaban J connectivity index is 1.12. The van der Waals surface area contributed by atoms with Crippen molar-refractivity contribution in [3.8, 4) is 34.5 Å². The number of nitrogens with two attached hydrogens (primary N) is 1. The molecule has 2 aliphatic rings. The number of phenolic OH excluding ortho intramolecular Hbond substituents is 4. The number of hydrogen-bond acceptors (Lipinski definition) is 20. The van der Waals surface area contributed by atoms with Gasteiger partial charge in [0.05, 0.1) is 0 Å². The predicted molar refractivity (Wildman–Crippen MR) is 199 cm³/mol. The number of fused-ring (bicyclic) bond motifs is 1. The number of ether oxygens (including phenoxy) is 1. The van der Waals surface area contributed by atoms with Crippen LogP contribution >= 0.6 is 34.9 Å². The van der Waals surface area contributed by atoms with Crippen molar-refractivity contribution < 1.29 is 63.5 Å². The number of anilines is 1. The summed E-state index contributed by atoms with van der Waals surface area (Å²) >= 11 is 3.18. The number of carbonyl (C=O) groups excluding carboxylic acids is 4. The number of thiazole rings is 1. The lowest BCUT2D eigenvalue weighted by atomic mass is 10.1.